The minimum atomic E-state index is 0.303. The standard InChI is InChI=1S/C12H16N2O/c1-8-13-10-6-7-11(15)12(10)14(8)9-4-2-3-5-9/h9H,2-7H2,1H3. The van der Waals surface area contributed by atoms with Crippen LogP contribution in [-0.4, -0.2) is 15.3 Å². The third-order valence-electron chi connectivity index (χ3n) is 3.70. The van der Waals surface area contributed by atoms with E-state index in [0.29, 0.717) is 18.2 Å². The second-order valence-corrected chi connectivity index (χ2v) is 4.69. The fraction of sp³-hybridized carbons (Fsp3) is 0.667. The van der Waals surface area contributed by atoms with Crippen LogP contribution in [0.5, 0.6) is 0 Å². The third kappa shape index (κ3) is 1.25. The number of fused-ring (bicyclic) bond motifs is 1. The monoisotopic (exact) mass is 204 g/mol. The average molecular weight is 204 g/mol. The highest BCUT2D eigenvalue weighted by atomic mass is 16.1. The average Bonchev–Trinajstić information content (AvgIpc) is 2.85. The Morgan fingerprint density at radius 3 is 2.73 bits per heavy atom. The van der Waals surface area contributed by atoms with Gasteiger partial charge in [0.1, 0.15) is 11.5 Å². The van der Waals surface area contributed by atoms with Crippen LogP contribution < -0.4 is 0 Å². The molecular weight excluding hydrogens is 188 g/mol. The summed E-state index contributed by atoms with van der Waals surface area (Å²) in [5.74, 6) is 1.34. The van der Waals surface area contributed by atoms with E-state index in [1.54, 1.807) is 0 Å². The fourth-order valence-corrected chi connectivity index (χ4v) is 3.03. The van der Waals surface area contributed by atoms with Crippen molar-refractivity contribution in [2.45, 2.75) is 51.5 Å². The quantitative estimate of drug-likeness (QED) is 0.704. The van der Waals surface area contributed by atoms with Gasteiger partial charge in [-0.15, -0.1) is 0 Å². The number of aromatic nitrogens is 2. The van der Waals surface area contributed by atoms with E-state index < -0.39 is 0 Å². The van der Waals surface area contributed by atoms with E-state index in [-0.39, 0.29) is 0 Å². The molecule has 0 aromatic carbocycles. The zero-order chi connectivity index (χ0) is 10.4. The molecule has 1 fully saturated rings. The number of nitrogens with zero attached hydrogens (tertiary/aromatic N) is 2. The molecule has 3 nitrogen and oxygen atoms in total. The highest BCUT2D eigenvalue weighted by Crippen LogP contribution is 2.34. The first-order valence-corrected chi connectivity index (χ1v) is 5.88. The largest absolute Gasteiger partial charge is 0.322 e. The van der Waals surface area contributed by atoms with Crippen molar-refractivity contribution in [2.75, 3.05) is 0 Å². The number of hydrogen-bond acceptors (Lipinski definition) is 2. The molecule has 0 N–H and O–H groups in total. The first-order chi connectivity index (χ1) is 7.27. The molecule has 2 aliphatic carbocycles. The van der Waals surface area contributed by atoms with Crippen molar-refractivity contribution >= 4 is 5.78 Å². The number of imidazole rings is 1. The second-order valence-electron chi connectivity index (χ2n) is 4.69. The molecule has 0 unspecified atom stereocenters. The van der Waals surface area contributed by atoms with Gasteiger partial charge in [0.05, 0.1) is 5.69 Å². The van der Waals surface area contributed by atoms with Crippen molar-refractivity contribution < 1.29 is 4.79 Å². The maximum Gasteiger partial charge on any atom is 0.181 e. The van der Waals surface area contributed by atoms with Crippen molar-refractivity contribution in [3.8, 4) is 0 Å². The van der Waals surface area contributed by atoms with E-state index in [9.17, 15) is 4.79 Å². The Hall–Kier alpha value is -1.12. The van der Waals surface area contributed by atoms with E-state index >= 15 is 0 Å². The Labute approximate surface area is 89.5 Å². The topological polar surface area (TPSA) is 34.9 Å². The first kappa shape index (κ1) is 9.13. The fourth-order valence-electron chi connectivity index (χ4n) is 3.03. The summed E-state index contributed by atoms with van der Waals surface area (Å²) in [6.45, 7) is 2.03. The molecule has 0 radical (unpaired) electrons. The van der Waals surface area contributed by atoms with Gasteiger partial charge in [-0.25, -0.2) is 4.98 Å². The molecule has 15 heavy (non-hydrogen) atoms. The van der Waals surface area contributed by atoms with Crippen molar-refractivity contribution in [3.05, 3.63) is 17.2 Å². The lowest BCUT2D eigenvalue weighted by atomic mass is 10.2. The van der Waals surface area contributed by atoms with Crippen LogP contribution in [0.3, 0.4) is 0 Å². The number of ketones is 1. The van der Waals surface area contributed by atoms with Crippen molar-refractivity contribution in [1.29, 1.82) is 0 Å². The summed E-state index contributed by atoms with van der Waals surface area (Å²) < 4.78 is 2.22. The minimum Gasteiger partial charge on any atom is -0.322 e. The predicted molar refractivity (Wildman–Crippen MR) is 57.1 cm³/mol. The lowest BCUT2D eigenvalue weighted by molar-refractivity contribution is 0.0984. The van der Waals surface area contributed by atoms with Crippen LogP contribution in [0.1, 0.15) is 60.2 Å². The number of rotatable bonds is 1. The Morgan fingerprint density at radius 2 is 2.00 bits per heavy atom. The summed E-state index contributed by atoms with van der Waals surface area (Å²) >= 11 is 0. The number of hydrogen-bond donors (Lipinski definition) is 0. The molecule has 1 aromatic rings. The Balaban J connectivity index is 2.09. The summed E-state index contributed by atoms with van der Waals surface area (Å²) in [4.78, 5) is 16.3. The second kappa shape index (κ2) is 3.19. The van der Waals surface area contributed by atoms with Gasteiger partial charge in [-0.05, 0) is 26.2 Å². The molecule has 80 valence electrons. The molecule has 1 heterocycles. The van der Waals surface area contributed by atoms with Crippen LogP contribution in [0.25, 0.3) is 0 Å². The van der Waals surface area contributed by atoms with Crippen LogP contribution in [0.4, 0.5) is 0 Å². The van der Waals surface area contributed by atoms with E-state index in [1.165, 1.54) is 25.7 Å². The van der Waals surface area contributed by atoms with Gasteiger partial charge in [-0.2, -0.15) is 0 Å². The summed E-state index contributed by atoms with van der Waals surface area (Å²) in [6, 6.07) is 0.545. The van der Waals surface area contributed by atoms with Gasteiger partial charge < -0.3 is 4.57 Å². The molecule has 0 bridgehead atoms. The van der Waals surface area contributed by atoms with Crippen molar-refractivity contribution in [3.63, 3.8) is 0 Å². The van der Waals surface area contributed by atoms with Gasteiger partial charge in [0.25, 0.3) is 0 Å². The van der Waals surface area contributed by atoms with Crippen molar-refractivity contribution in [2.24, 2.45) is 0 Å². The van der Waals surface area contributed by atoms with Gasteiger partial charge in [-0.3, -0.25) is 4.79 Å². The maximum absolute atomic E-state index is 11.8. The molecule has 1 saturated carbocycles. The van der Waals surface area contributed by atoms with E-state index in [1.807, 2.05) is 6.92 Å². The molecule has 0 saturated heterocycles. The van der Waals surface area contributed by atoms with Gasteiger partial charge in [0.15, 0.2) is 5.78 Å². The minimum absolute atomic E-state index is 0.303. The number of Topliss-reactive ketones (excluding diaryl/α,β-unsaturated/α-hetero) is 1. The molecular formula is C12H16N2O. The molecule has 0 aliphatic heterocycles. The molecule has 3 rings (SSSR count). The smallest absolute Gasteiger partial charge is 0.181 e. The highest BCUT2D eigenvalue weighted by Gasteiger charge is 2.31. The number of carbonyl (C=O) groups excluding carboxylic acids is 1. The van der Waals surface area contributed by atoms with Crippen LogP contribution in [0, 0.1) is 6.92 Å². The summed E-state index contributed by atoms with van der Waals surface area (Å²) in [7, 11) is 0. The van der Waals surface area contributed by atoms with Crippen LogP contribution in [-0.2, 0) is 6.42 Å². The normalized spacial score (nSPS) is 21.3. The SMILES string of the molecule is Cc1nc2c(n1C1CCCC1)C(=O)CC2. The molecule has 0 spiro atoms. The van der Waals surface area contributed by atoms with Crippen LogP contribution >= 0.6 is 0 Å². The van der Waals surface area contributed by atoms with Gasteiger partial charge in [0, 0.05) is 12.5 Å². The molecule has 2 aliphatic rings. The zero-order valence-corrected chi connectivity index (χ0v) is 9.12. The van der Waals surface area contributed by atoms with Gasteiger partial charge >= 0.3 is 0 Å². The number of aryl methyl sites for hydroxylation is 2. The summed E-state index contributed by atoms with van der Waals surface area (Å²) in [5, 5.41) is 0. The van der Waals surface area contributed by atoms with Crippen LogP contribution in [0.2, 0.25) is 0 Å². The lowest BCUT2D eigenvalue weighted by Gasteiger charge is -2.15. The third-order valence-corrected chi connectivity index (χ3v) is 3.70. The Bertz CT molecular complexity index is 414. The lowest BCUT2D eigenvalue weighted by Crippen LogP contribution is -2.13. The van der Waals surface area contributed by atoms with Gasteiger partial charge in [-0.1, -0.05) is 12.8 Å². The summed E-state index contributed by atoms with van der Waals surface area (Å²) in [6.07, 6.45) is 6.56. The van der Waals surface area contributed by atoms with Crippen LogP contribution in [0.15, 0.2) is 0 Å². The Morgan fingerprint density at radius 1 is 1.27 bits per heavy atom. The predicted octanol–water partition coefficient (Wildman–Crippen LogP) is 2.44. The molecule has 1 aromatic heterocycles. The summed E-state index contributed by atoms with van der Waals surface area (Å²) in [5.41, 5.74) is 1.98. The molecule has 0 atom stereocenters. The highest BCUT2D eigenvalue weighted by molar-refractivity contribution is 5.98. The van der Waals surface area contributed by atoms with Crippen molar-refractivity contribution in [1.82, 2.24) is 9.55 Å². The Kier molecular flexibility index (Phi) is 1.94. The molecule has 0 amide bonds. The first-order valence-electron chi connectivity index (χ1n) is 5.88. The van der Waals surface area contributed by atoms with E-state index in [4.69, 9.17) is 0 Å². The van der Waals surface area contributed by atoms with E-state index in [0.717, 1.165) is 23.6 Å². The maximum atomic E-state index is 11.8. The molecule has 3 heteroatoms. The van der Waals surface area contributed by atoms with E-state index in [2.05, 4.69) is 9.55 Å². The zero-order valence-electron chi connectivity index (χ0n) is 9.12. The number of carbonyl (C=O) groups is 1. The van der Waals surface area contributed by atoms with Gasteiger partial charge in [0.2, 0.25) is 0 Å².